The van der Waals surface area contributed by atoms with Crippen LogP contribution in [0.25, 0.3) is 0 Å². The number of amides is 1. The van der Waals surface area contributed by atoms with Gasteiger partial charge in [-0.1, -0.05) is 6.42 Å². The van der Waals surface area contributed by atoms with Gasteiger partial charge >= 0.3 is 0 Å². The Morgan fingerprint density at radius 1 is 1.18 bits per heavy atom. The van der Waals surface area contributed by atoms with Crippen LogP contribution in [-0.4, -0.2) is 37.0 Å². The maximum absolute atomic E-state index is 12.1. The minimum atomic E-state index is 0. The summed E-state index contributed by atoms with van der Waals surface area (Å²) in [6.07, 6.45) is 7.30. The van der Waals surface area contributed by atoms with E-state index in [-0.39, 0.29) is 12.4 Å². The van der Waals surface area contributed by atoms with Crippen LogP contribution in [0.15, 0.2) is 0 Å². The second kappa shape index (κ2) is 5.15. The molecule has 1 aliphatic carbocycles. The molecule has 0 aromatic heterocycles. The number of hydrogen-bond donors (Lipinski definition) is 1. The Labute approximate surface area is 110 Å². The monoisotopic (exact) mass is 258 g/mol. The van der Waals surface area contributed by atoms with E-state index in [1.807, 2.05) is 0 Å². The Hall–Kier alpha value is -0.280. The molecule has 3 rings (SSSR count). The highest BCUT2D eigenvalue weighted by molar-refractivity contribution is 5.85. The molecule has 0 radical (unpaired) electrons. The highest BCUT2D eigenvalue weighted by Gasteiger charge is 2.39. The van der Waals surface area contributed by atoms with E-state index < -0.39 is 0 Å². The van der Waals surface area contributed by atoms with E-state index in [0.717, 1.165) is 25.9 Å². The summed E-state index contributed by atoms with van der Waals surface area (Å²) in [5.74, 6) is 0.836. The number of nitrogens with zero attached hydrogens (tertiary/aromatic N) is 1. The highest BCUT2D eigenvalue weighted by Crippen LogP contribution is 2.38. The van der Waals surface area contributed by atoms with Gasteiger partial charge < -0.3 is 10.2 Å². The molecular weight excluding hydrogens is 236 g/mol. The molecule has 17 heavy (non-hydrogen) atoms. The molecule has 0 atom stereocenters. The lowest BCUT2D eigenvalue weighted by atomic mass is 9.77. The molecule has 3 nitrogen and oxygen atoms in total. The molecule has 3 fully saturated rings. The van der Waals surface area contributed by atoms with Crippen molar-refractivity contribution in [3.05, 3.63) is 0 Å². The molecule has 2 heterocycles. The second-order valence-electron chi connectivity index (χ2n) is 5.88. The lowest BCUT2D eigenvalue weighted by Crippen LogP contribution is -2.47. The van der Waals surface area contributed by atoms with Gasteiger partial charge in [0.15, 0.2) is 0 Å². The number of carbonyl (C=O) groups excluding carboxylic acids is 1. The fraction of sp³-hybridized carbons (Fsp3) is 0.923. The SMILES string of the molecule is Cl.O=C(C1CCC1)N1CCC2(CCNC2)CC1. The van der Waals surface area contributed by atoms with Gasteiger partial charge in [-0.05, 0) is 44.1 Å². The third-order valence-corrected chi connectivity index (χ3v) is 4.92. The number of piperidine rings is 1. The predicted molar refractivity (Wildman–Crippen MR) is 70.3 cm³/mol. The Bertz CT molecular complexity index is 275. The molecule has 1 amide bonds. The molecule has 2 saturated heterocycles. The molecule has 3 aliphatic rings. The van der Waals surface area contributed by atoms with Crippen LogP contribution < -0.4 is 5.32 Å². The molecule has 0 unspecified atom stereocenters. The normalized spacial score (nSPS) is 27.6. The van der Waals surface area contributed by atoms with Crippen LogP contribution in [0.2, 0.25) is 0 Å². The van der Waals surface area contributed by atoms with Crippen molar-refractivity contribution >= 4 is 18.3 Å². The molecular formula is C13H23ClN2O. The van der Waals surface area contributed by atoms with Crippen LogP contribution in [0.5, 0.6) is 0 Å². The van der Waals surface area contributed by atoms with Gasteiger partial charge in [-0.3, -0.25) is 4.79 Å². The number of likely N-dealkylation sites (tertiary alicyclic amines) is 1. The summed E-state index contributed by atoms with van der Waals surface area (Å²) in [6.45, 7) is 4.38. The van der Waals surface area contributed by atoms with E-state index in [1.54, 1.807) is 0 Å². The van der Waals surface area contributed by atoms with E-state index >= 15 is 0 Å². The van der Waals surface area contributed by atoms with Gasteiger partial charge in [0.25, 0.3) is 0 Å². The van der Waals surface area contributed by atoms with Gasteiger partial charge in [-0.15, -0.1) is 12.4 Å². The highest BCUT2D eigenvalue weighted by atomic mass is 35.5. The maximum Gasteiger partial charge on any atom is 0.225 e. The van der Waals surface area contributed by atoms with Crippen molar-refractivity contribution in [2.45, 2.75) is 38.5 Å². The van der Waals surface area contributed by atoms with E-state index in [1.165, 1.54) is 38.8 Å². The summed E-state index contributed by atoms with van der Waals surface area (Å²) in [4.78, 5) is 14.2. The molecule has 1 saturated carbocycles. The molecule has 2 aliphatic heterocycles. The van der Waals surface area contributed by atoms with Crippen molar-refractivity contribution in [3.63, 3.8) is 0 Å². The standard InChI is InChI=1S/C13H22N2O.ClH/c16-12(11-2-1-3-11)15-8-5-13(6-9-15)4-7-14-10-13;/h11,14H,1-10H2;1H. The summed E-state index contributed by atoms with van der Waals surface area (Å²) in [5.41, 5.74) is 0.538. The van der Waals surface area contributed by atoms with Gasteiger partial charge in [0.2, 0.25) is 5.91 Å². The van der Waals surface area contributed by atoms with Crippen LogP contribution in [-0.2, 0) is 4.79 Å². The summed E-state index contributed by atoms with van der Waals surface area (Å²) in [7, 11) is 0. The summed E-state index contributed by atoms with van der Waals surface area (Å²) in [5, 5.41) is 3.47. The van der Waals surface area contributed by atoms with Crippen LogP contribution in [0.1, 0.15) is 38.5 Å². The van der Waals surface area contributed by atoms with Gasteiger partial charge in [0, 0.05) is 25.6 Å². The number of carbonyl (C=O) groups is 1. The van der Waals surface area contributed by atoms with Crippen molar-refractivity contribution in [1.29, 1.82) is 0 Å². The zero-order chi connectivity index (χ0) is 11.0. The Morgan fingerprint density at radius 3 is 2.35 bits per heavy atom. The molecule has 0 bridgehead atoms. The molecule has 1 spiro atoms. The lowest BCUT2D eigenvalue weighted by Gasteiger charge is -2.41. The van der Waals surface area contributed by atoms with E-state index in [0.29, 0.717) is 17.2 Å². The van der Waals surface area contributed by atoms with Gasteiger partial charge in [-0.2, -0.15) is 0 Å². The van der Waals surface area contributed by atoms with Crippen molar-refractivity contribution < 1.29 is 4.79 Å². The fourth-order valence-corrected chi connectivity index (χ4v) is 3.34. The van der Waals surface area contributed by atoms with Crippen LogP contribution in [0, 0.1) is 11.3 Å². The molecule has 0 aromatic rings. The first-order chi connectivity index (χ1) is 7.79. The predicted octanol–water partition coefficient (Wildman–Crippen LogP) is 1.81. The number of nitrogens with one attached hydrogen (secondary N) is 1. The van der Waals surface area contributed by atoms with Gasteiger partial charge in [0.1, 0.15) is 0 Å². The third kappa shape index (κ3) is 2.45. The molecule has 1 N–H and O–H groups in total. The lowest BCUT2D eigenvalue weighted by molar-refractivity contribution is -0.140. The van der Waals surface area contributed by atoms with Crippen molar-refractivity contribution in [3.8, 4) is 0 Å². The number of rotatable bonds is 1. The Morgan fingerprint density at radius 2 is 1.88 bits per heavy atom. The van der Waals surface area contributed by atoms with Crippen LogP contribution >= 0.6 is 12.4 Å². The maximum atomic E-state index is 12.1. The zero-order valence-electron chi connectivity index (χ0n) is 10.4. The molecule has 0 aromatic carbocycles. The van der Waals surface area contributed by atoms with E-state index in [2.05, 4.69) is 10.2 Å². The minimum Gasteiger partial charge on any atom is -0.342 e. The van der Waals surface area contributed by atoms with Gasteiger partial charge in [0.05, 0.1) is 0 Å². The average molecular weight is 259 g/mol. The van der Waals surface area contributed by atoms with Gasteiger partial charge in [-0.25, -0.2) is 0 Å². The van der Waals surface area contributed by atoms with Crippen molar-refractivity contribution in [1.82, 2.24) is 10.2 Å². The quantitative estimate of drug-likeness (QED) is 0.778. The first-order valence-corrected chi connectivity index (χ1v) is 6.79. The fourth-order valence-electron chi connectivity index (χ4n) is 3.34. The van der Waals surface area contributed by atoms with Crippen LogP contribution in [0.4, 0.5) is 0 Å². The van der Waals surface area contributed by atoms with E-state index in [4.69, 9.17) is 0 Å². The molecule has 98 valence electrons. The minimum absolute atomic E-state index is 0. The largest absolute Gasteiger partial charge is 0.342 e. The summed E-state index contributed by atoms with van der Waals surface area (Å²) in [6, 6.07) is 0. The third-order valence-electron chi connectivity index (χ3n) is 4.92. The second-order valence-corrected chi connectivity index (χ2v) is 5.88. The van der Waals surface area contributed by atoms with Crippen molar-refractivity contribution in [2.75, 3.05) is 26.2 Å². The Kier molecular flexibility index (Phi) is 3.99. The first kappa shape index (κ1) is 13.2. The van der Waals surface area contributed by atoms with Crippen LogP contribution in [0.3, 0.4) is 0 Å². The Balaban J connectivity index is 0.00000108. The smallest absolute Gasteiger partial charge is 0.225 e. The zero-order valence-corrected chi connectivity index (χ0v) is 11.2. The number of halogens is 1. The topological polar surface area (TPSA) is 32.3 Å². The van der Waals surface area contributed by atoms with Crippen molar-refractivity contribution in [2.24, 2.45) is 11.3 Å². The first-order valence-electron chi connectivity index (χ1n) is 6.79. The summed E-state index contributed by atoms with van der Waals surface area (Å²) < 4.78 is 0. The number of hydrogen-bond acceptors (Lipinski definition) is 2. The summed E-state index contributed by atoms with van der Waals surface area (Å²) >= 11 is 0. The van der Waals surface area contributed by atoms with E-state index in [9.17, 15) is 4.79 Å². The molecule has 4 heteroatoms. The average Bonchev–Trinajstić information content (AvgIpc) is 2.65.